The highest BCUT2D eigenvalue weighted by molar-refractivity contribution is 6.30. The molecule has 154 valence electrons. The molecule has 0 bridgehead atoms. The summed E-state index contributed by atoms with van der Waals surface area (Å²) in [6.07, 6.45) is 1.70. The molecule has 7 nitrogen and oxygen atoms in total. The number of hydrogen-bond acceptors (Lipinski definition) is 4. The largest absolute Gasteiger partial charge is 0.383 e. The maximum absolute atomic E-state index is 12.7. The Kier molecular flexibility index (Phi) is 7.15. The molecule has 0 spiro atoms. The van der Waals surface area contributed by atoms with Gasteiger partial charge < -0.3 is 19.9 Å². The smallest absolute Gasteiger partial charge is 0.321 e. The molecule has 28 heavy (non-hydrogen) atoms. The number of carbonyl (C=O) groups is 2. The van der Waals surface area contributed by atoms with E-state index in [4.69, 9.17) is 16.3 Å². The number of urea groups is 1. The Morgan fingerprint density at radius 1 is 1.25 bits per heavy atom. The van der Waals surface area contributed by atoms with E-state index < -0.39 is 0 Å². The second kappa shape index (κ2) is 9.58. The van der Waals surface area contributed by atoms with Gasteiger partial charge >= 0.3 is 6.03 Å². The van der Waals surface area contributed by atoms with Crippen molar-refractivity contribution in [3.05, 3.63) is 28.8 Å². The van der Waals surface area contributed by atoms with Gasteiger partial charge in [-0.15, -0.1) is 0 Å². The van der Waals surface area contributed by atoms with Crippen molar-refractivity contribution in [2.75, 3.05) is 58.3 Å². The van der Waals surface area contributed by atoms with E-state index in [2.05, 4.69) is 10.2 Å². The molecule has 0 saturated carbocycles. The van der Waals surface area contributed by atoms with Crippen molar-refractivity contribution >= 4 is 29.2 Å². The molecule has 1 aromatic rings. The molecule has 0 aliphatic carbocycles. The van der Waals surface area contributed by atoms with Crippen LogP contribution in [0.1, 0.15) is 18.4 Å². The number of nitrogens with zero attached hydrogens (tertiary/aromatic N) is 3. The zero-order valence-corrected chi connectivity index (χ0v) is 17.4. The second-order valence-electron chi connectivity index (χ2n) is 7.39. The first-order chi connectivity index (χ1) is 13.5. The van der Waals surface area contributed by atoms with Crippen molar-refractivity contribution < 1.29 is 14.3 Å². The molecule has 2 saturated heterocycles. The van der Waals surface area contributed by atoms with Crippen molar-refractivity contribution in [1.82, 2.24) is 14.7 Å². The summed E-state index contributed by atoms with van der Waals surface area (Å²) in [7, 11) is 1.65. The van der Waals surface area contributed by atoms with Crippen molar-refractivity contribution in [2.45, 2.75) is 25.8 Å². The number of carbonyl (C=O) groups excluding carboxylic acids is 2. The monoisotopic (exact) mass is 408 g/mol. The summed E-state index contributed by atoms with van der Waals surface area (Å²) < 4.78 is 5.09. The average Bonchev–Trinajstić information content (AvgIpc) is 2.88. The predicted octanol–water partition coefficient (Wildman–Crippen LogP) is 2.44. The third kappa shape index (κ3) is 4.96. The number of ether oxygens (including phenoxy) is 1. The standard InChI is InChI=1S/C20H29ClN4O3/c1-15-14-16(21)4-5-17(15)22-20(27)25-8-3-7-23(10-11-25)18-6-9-24(19(18)26)12-13-28-2/h4-5,14,18H,3,6-13H2,1-2H3,(H,22,27). The Labute approximate surface area is 171 Å². The molecule has 8 heteroatoms. The topological polar surface area (TPSA) is 65.1 Å². The molecule has 1 unspecified atom stereocenters. The molecule has 3 amide bonds. The van der Waals surface area contributed by atoms with Crippen LogP contribution in [-0.4, -0.2) is 85.7 Å². The number of rotatable bonds is 5. The summed E-state index contributed by atoms with van der Waals surface area (Å²) in [4.78, 5) is 31.3. The van der Waals surface area contributed by atoms with Crippen LogP contribution in [0.15, 0.2) is 18.2 Å². The minimum Gasteiger partial charge on any atom is -0.383 e. The minimum absolute atomic E-state index is 0.0709. The Bertz CT molecular complexity index is 715. The highest BCUT2D eigenvalue weighted by Gasteiger charge is 2.36. The van der Waals surface area contributed by atoms with Gasteiger partial charge in [0.05, 0.1) is 12.6 Å². The van der Waals surface area contributed by atoms with Crippen LogP contribution in [-0.2, 0) is 9.53 Å². The van der Waals surface area contributed by atoms with Crippen LogP contribution in [0.25, 0.3) is 0 Å². The van der Waals surface area contributed by atoms with E-state index in [1.165, 1.54) is 0 Å². The first kappa shape index (κ1) is 20.9. The van der Waals surface area contributed by atoms with Crippen molar-refractivity contribution in [1.29, 1.82) is 0 Å². The number of halogens is 1. The fourth-order valence-corrected chi connectivity index (χ4v) is 4.13. The lowest BCUT2D eigenvalue weighted by Gasteiger charge is -2.26. The molecule has 1 atom stereocenters. The lowest BCUT2D eigenvalue weighted by atomic mass is 10.2. The number of aryl methyl sites for hydroxylation is 1. The van der Waals surface area contributed by atoms with Crippen molar-refractivity contribution in [2.24, 2.45) is 0 Å². The van der Waals surface area contributed by atoms with Gasteiger partial charge in [0.15, 0.2) is 0 Å². The number of anilines is 1. The van der Waals surface area contributed by atoms with E-state index in [-0.39, 0.29) is 18.0 Å². The summed E-state index contributed by atoms with van der Waals surface area (Å²) in [5.74, 6) is 0.187. The number of amides is 3. The average molecular weight is 409 g/mol. The number of methoxy groups -OCH3 is 1. The second-order valence-corrected chi connectivity index (χ2v) is 7.82. The normalized spacial score (nSPS) is 21.1. The highest BCUT2D eigenvalue weighted by Crippen LogP contribution is 2.21. The number of likely N-dealkylation sites (tertiary alicyclic amines) is 1. The summed E-state index contributed by atoms with van der Waals surface area (Å²) in [5, 5.41) is 3.63. The Balaban J connectivity index is 1.54. The molecular weight excluding hydrogens is 380 g/mol. The van der Waals surface area contributed by atoms with E-state index in [0.717, 1.165) is 37.2 Å². The molecule has 1 N–H and O–H groups in total. The Morgan fingerprint density at radius 3 is 2.82 bits per heavy atom. The molecular formula is C20H29ClN4O3. The van der Waals surface area contributed by atoms with Crippen molar-refractivity contribution in [3.8, 4) is 0 Å². The third-order valence-electron chi connectivity index (χ3n) is 5.52. The molecule has 1 aromatic carbocycles. The van der Waals surface area contributed by atoms with Gasteiger partial charge in [-0.25, -0.2) is 4.79 Å². The fraction of sp³-hybridized carbons (Fsp3) is 0.600. The Morgan fingerprint density at radius 2 is 2.07 bits per heavy atom. The number of hydrogen-bond donors (Lipinski definition) is 1. The number of benzene rings is 1. The minimum atomic E-state index is -0.105. The molecule has 0 aromatic heterocycles. The summed E-state index contributed by atoms with van der Waals surface area (Å²) in [6, 6.07) is 5.26. The quantitative estimate of drug-likeness (QED) is 0.812. The van der Waals surface area contributed by atoms with Gasteiger partial charge in [0.25, 0.3) is 0 Å². The van der Waals surface area contributed by atoms with Gasteiger partial charge in [-0.3, -0.25) is 9.69 Å². The maximum Gasteiger partial charge on any atom is 0.321 e. The molecule has 2 aliphatic heterocycles. The molecule has 2 fully saturated rings. The Hall–Kier alpha value is -1.83. The molecule has 0 radical (unpaired) electrons. The molecule has 2 aliphatic rings. The molecule has 3 rings (SSSR count). The lowest BCUT2D eigenvalue weighted by Crippen LogP contribution is -2.44. The summed E-state index contributed by atoms with van der Waals surface area (Å²) in [5.41, 5.74) is 1.71. The van der Waals surface area contributed by atoms with Crippen LogP contribution in [0, 0.1) is 6.92 Å². The number of nitrogens with one attached hydrogen (secondary N) is 1. The van der Waals surface area contributed by atoms with E-state index in [1.807, 2.05) is 28.9 Å². The zero-order valence-electron chi connectivity index (χ0n) is 16.6. The van der Waals surface area contributed by atoms with Gasteiger partial charge in [0.1, 0.15) is 0 Å². The van der Waals surface area contributed by atoms with Gasteiger partial charge in [-0.1, -0.05) is 11.6 Å². The van der Waals surface area contributed by atoms with Crippen LogP contribution in [0.2, 0.25) is 5.02 Å². The van der Waals surface area contributed by atoms with Gasteiger partial charge in [-0.05, 0) is 43.5 Å². The van der Waals surface area contributed by atoms with Crippen LogP contribution in [0.4, 0.5) is 10.5 Å². The van der Waals surface area contributed by atoms with Crippen LogP contribution in [0.5, 0.6) is 0 Å². The van der Waals surface area contributed by atoms with Crippen LogP contribution in [0.3, 0.4) is 0 Å². The van der Waals surface area contributed by atoms with Crippen LogP contribution < -0.4 is 5.32 Å². The first-order valence-electron chi connectivity index (χ1n) is 9.83. The predicted molar refractivity (Wildman–Crippen MR) is 110 cm³/mol. The summed E-state index contributed by atoms with van der Waals surface area (Å²) in [6.45, 7) is 6.75. The van der Waals surface area contributed by atoms with Gasteiger partial charge in [0, 0.05) is 57.1 Å². The SMILES string of the molecule is COCCN1CCC(N2CCCN(C(=O)Nc3ccc(Cl)cc3C)CC2)C1=O. The molecule has 2 heterocycles. The van der Waals surface area contributed by atoms with Gasteiger partial charge in [-0.2, -0.15) is 0 Å². The van der Waals surface area contributed by atoms with E-state index in [0.29, 0.717) is 37.8 Å². The van der Waals surface area contributed by atoms with Crippen LogP contribution >= 0.6 is 11.6 Å². The zero-order chi connectivity index (χ0) is 20.1. The lowest BCUT2D eigenvalue weighted by molar-refractivity contribution is -0.132. The van der Waals surface area contributed by atoms with Gasteiger partial charge in [0.2, 0.25) is 5.91 Å². The van der Waals surface area contributed by atoms with E-state index in [1.54, 1.807) is 13.2 Å². The maximum atomic E-state index is 12.7. The first-order valence-corrected chi connectivity index (χ1v) is 10.2. The fourth-order valence-electron chi connectivity index (χ4n) is 3.90. The summed E-state index contributed by atoms with van der Waals surface area (Å²) >= 11 is 5.99. The highest BCUT2D eigenvalue weighted by atomic mass is 35.5. The van der Waals surface area contributed by atoms with E-state index >= 15 is 0 Å². The third-order valence-corrected chi connectivity index (χ3v) is 5.76. The van der Waals surface area contributed by atoms with Crippen molar-refractivity contribution in [3.63, 3.8) is 0 Å². The van der Waals surface area contributed by atoms with E-state index in [9.17, 15) is 9.59 Å².